The summed E-state index contributed by atoms with van der Waals surface area (Å²) in [7, 11) is 0. The van der Waals surface area contributed by atoms with Crippen LogP contribution in [-0.2, 0) is 11.2 Å². The predicted octanol–water partition coefficient (Wildman–Crippen LogP) is 2.72. The molecule has 1 aromatic heterocycles. The number of hydrogen-bond donors (Lipinski definition) is 2. The first kappa shape index (κ1) is 19.5. The van der Waals surface area contributed by atoms with E-state index in [4.69, 9.17) is 4.42 Å². The van der Waals surface area contributed by atoms with Gasteiger partial charge in [-0.15, -0.1) is 6.58 Å². The van der Waals surface area contributed by atoms with E-state index >= 15 is 0 Å². The molecule has 6 nitrogen and oxygen atoms in total. The first-order valence-corrected chi connectivity index (χ1v) is 10.2. The summed E-state index contributed by atoms with van der Waals surface area (Å²) < 4.78 is 5.36. The highest BCUT2D eigenvalue weighted by molar-refractivity contribution is 5.81. The third-order valence-corrected chi connectivity index (χ3v) is 5.42. The van der Waals surface area contributed by atoms with E-state index in [9.17, 15) is 4.79 Å². The van der Waals surface area contributed by atoms with E-state index in [1.807, 2.05) is 23.1 Å². The zero-order valence-electron chi connectivity index (χ0n) is 16.2. The Bertz CT molecular complexity index is 620. The van der Waals surface area contributed by atoms with Crippen molar-refractivity contribution in [1.82, 2.24) is 15.5 Å². The molecule has 6 heteroatoms. The Morgan fingerprint density at radius 2 is 2.19 bits per heavy atom. The maximum Gasteiger partial charge on any atom is 0.225 e. The smallest absolute Gasteiger partial charge is 0.225 e. The highest BCUT2D eigenvalue weighted by Crippen LogP contribution is 2.26. The molecule has 1 aliphatic carbocycles. The summed E-state index contributed by atoms with van der Waals surface area (Å²) in [5.41, 5.74) is 0. The van der Waals surface area contributed by atoms with Crippen molar-refractivity contribution in [1.29, 1.82) is 0 Å². The number of furan rings is 1. The van der Waals surface area contributed by atoms with Crippen LogP contribution in [0.15, 0.2) is 40.5 Å². The second-order valence-corrected chi connectivity index (χ2v) is 7.48. The number of nitrogens with one attached hydrogen (secondary N) is 2. The van der Waals surface area contributed by atoms with E-state index in [1.165, 1.54) is 19.3 Å². The molecule has 1 unspecified atom stereocenters. The molecule has 1 aliphatic heterocycles. The molecule has 0 bridgehead atoms. The summed E-state index contributed by atoms with van der Waals surface area (Å²) in [6, 6.07) is 4.10. The molecule has 1 saturated heterocycles. The van der Waals surface area contributed by atoms with Gasteiger partial charge in [0.25, 0.3) is 0 Å². The van der Waals surface area contributed by atoms with Crippen molar-refractivity contribution in [2.75, 3.05) is 26.2 Å². The van der Waals surface area contributed by atoms with Gasteiger partial charge < -0.3 is 20.0 Å². The number of carbonyl (C=O) groups excluding carboxylic acids is 1. The number of carbonyl (C=O) groups is 1. The third-order valence-electron chi connectivity index (χ3n) is 5.42. The molecule has 2 N–H and O–H groups in total. The van der Waals surface area contributed by atoms with Gasteiger partial charge in [0.1, 0.15) is 5.76 Å². The molecule has 0 aromatic carbocycles. The minimum absolute atomic E-state index is 0.247. The second kappa shape index (κ2) is 10.2. The molecular weight excluding hydrogens is 340 g/mol. The lowest BCUT2D eigenvalue weighted by Crippen LogP contribution is -2.45. The van der Waals surface area contributed by atoms with Gasteiger partial charge in [0.15, 0.2) is 5.96 Å². The number of amides is 1. The van der Waals surface area contributed by atoms with Crippen LogP contribution >= 0.6 is 0 Å². The van der Waals surface area contributed by atoms with Crippen molar-refractivity contribution in [2.24, 2.45) is 10.9 Å². The highest BCUT2D eigenvalue weighted by Gasteiger charge is 2.31. The van der Waals surface area contributed by atoms with Crippen LogP contribution in [0.4, 0.5) is 0 Å². The second-order valence-electron chi connectivity index (χ2n) is 7.48. The minimum atomic E-state index is 0.247. The Balaban J connectivity index is 1.49. The van der Waals surface area contributed by atoms with Crippen LogP contribution in [0.25, 0.3) is 0 Å². The Labute approximate surface area is 162 Å². The zero-order chi connectivity index (χ0) is 18.9. The maximum atomic E-state index is 12.7. The fourth-order valence-electron chi connectivity index (χ4n) is 3.93. The Kier molecular flexibility index (Phi) is 7.36. The topological polar surface area (TPSA) is 69.9 Å². The molecule has 1 atom stereocenters. The lowest BCUT2D eigenvalue weighted by atomic mass is 9.88. The lowest BCUT2D eigenvalue weighted by Gasteiger charge is -2.26. The fourth-order valence-corrected chi connectivity index (χ4v) is 3.93. The van der Waals surface area contributed by atoms with Crippen molar-refractivity contribution in [2.45, 2.75) is 51.0 Å². The number of hydrogen-bond acceptors (Lipinski definition) is 3. The van der Waals surface area contributed by atoms with Crippen molar-refractivity contribution in [3.8, 4) is 0 Å². The van der Waals surface area contributed by atoms with Crippen LogP contribution in [-0.4, -0.2) is 49.0 Å². The third kappa shape index (κ3) is 5.88. The standard InChI is InChI=1S/C21H32N4O2/c1-2-12-22-21(23-13-10-19-9-6-15-27-19)24-18-11-14-25(16-18)20(26)17-7-4-3-5-8-17/h2,6,9,15,17-18H,1,3-5,7-8,10-14,16H2,(H2,22,23,24). The summed E-state index contributed by atoms with van der Waals surface area (Å²) >= 11 is 0. The average Bonchev–Trinajstić information content (AvgIpc) is 3.38. The quantitative estimate of drug-likeness (QED) is 0.439. The molecule has 2 fully saturated rings. The van der Waals surface area contributed by atoms with Crippen molar-refractivity contribution in [3.05, 3.63) is 36.8 Å². The first-order valence-electron chi connectivity index (χ1n) is 10.2. The lowest BCUT2D eigenvalue weighted by molar-refractivity contribution is -0.135. The summed E-state index contributed by atoms with van der Waals surface area (Å²) in [6.45, 7) is 6.67. The van der Waals surface area contributed by atoms with Crippen molar-refractivity contribution >= 4 is 11.9 Å². The minimum Gasteiger partial charge on any atom is -0.469 e. The largest absolute Gasteiger partial charge is 0.469 e. The number of nitrogens with zero attached hydrogens (tertiary/aromatic N) is 2. The number of guanidine groups is 1. The summed E-state index contributed by atoms with van der Waals surface area (Å²) in [4.78, 5) is 19.4. The van der Waals surface area contributed by atoms with Gasteiger partial charge in [-0.1, -0.05) is 25.3 Å². The van der Waals surface area contributed by atoms with E-state index in [1.54, 1.807) is 6.26 Å². The zero-order valence-corrected chi connectivity index (χ0v) is 16.2. The van der Waals surface area contributed by atoms with Crippen LogP contribution in [0.5, 0.6) is 0 Å². The van der Waals surface area contributed by atoms with Gasteiger partial charge >= 0.3 is 0 Å². The van der Waals surface area contributed by atoms with E-state index in [0.29, 0.717) is 19.0 Å². The molecule has 0 radical (unpaired) electrons. The van der Waals surface area contributed by atoms with Gasteiger partial charge in [0.2, 0.25) is 5.91 Å². The van der Waals surface area contributed by atoms with Crippen LogP contribution in [0.3, 0.4) is 0 Å². The molecule has 2 heterocycles. The molecule has 148 valence electrons. The van der Waals surface area contributed by atoms with Gasteiger partial charge in [0, 0.05) is 44.6 Å². The van der Waals surface area contributed by atoms with Crippen molar-refractivity contribution < 1.29 is 9.21 Å². The molecule has 2 aliphatic rings. The summed E-state index contributed by atoms with van der Waals surface area (Å²) in [6.07, 6.45) is 11.0. The molecule has 1 saturated carbocycles. The SMILES string of the molecule is C=CCNC(=NCCc1ccco1)NC1CCN(C(=O)C2CCCCC2)C1. The molecule has 1 aromatic rings. The van der Waals surface area contributed by atoms with E-state index in [2.05, 4.69) is 22.2 Å². The maximum absolute atomic E-state index is 12.7. The summed E-state index contributed by atoms with van der Waals surface area (Å²) in [5, 5.41) is 6.76. The predicted molar refractivity (Wildman–Crippen MR) is 108 cm³/mol. The molecule has 0 spiro atoms. The van der Waals surface area contributed by atoms with Crippen LogP contribution < -0.4 is 10.6 Å². The molecule has 27 heavy (non-hydrogen) atoms. The summed E-state index contributed by atoms with van der Waals surface area (Å²) in [5.74, 6) is 2.32. The normalized spacial score (nSPS) is 21.3. The molecular formula is C21H32N4O2. The van der Waals surface area contributed by atoms with E-state index < -0.39 is 0 Å². The van der Waals surface area contributed by atoms with Crippen molar-refractivity contribution in [3.63, 3.8) is 0 Å². The Morgan fingerprint density at radius 1 is 1.33 bits per heavy atom. The van der Waals surface area contributed by atoms with E-state index in [0.717, 1.165) is 50.5 Å². The fraction of sp³-hybridized carbons (Fsp3) is 0.619. The highest BCUT2D eigenvalue weighted by atomic mass is 16.3. The van der Waals surface area contributed by atoms with Gasteiger partial charge in [-0.3, -0.25) is 9.79 Å². The van der Waals surface area contributed by atoms with E-state index in [-0.39, 0.29) is 12.0 Å². The number of likely N-dealkylation sites (tertiary alicyclic amines) is 1. The van der Waals surface area contributed by atoms with Crippen LogP contribution in [0.2, 0.25) is 0 Å². The van der Waals surface area contributed by atoms with Gasteiger partial charge in [-0.05, 0) is 31.4 Å². The number of rotatable bonds is 7. The molecule has 3 rings (SSSR count). The van der Waals surface area contributed by atoms with Crippen LogP contribution in [0.1, 0.15) is 44.3 Å². The van der Waals surface area contributed by atoms with Gasteiger partial charge in [0.05, 0.1) is 6.26 Å². The average molecular weight is 373 g/mol. The number of aliphatic imine (C=N–C) groups is 1. The van der Waals surface area contributed by atoms with Crippen LogP contribution in [0, 0.1) is 5.92 Å². The first-order chi connectivity index (χ1) is 13.3. The Morgan fingerprint density at radius 3 is 2.93 bits per heavy atom. The monoisotopic (exact) mass is 372 g/mol. The van der Waals surface area contributed by atoms with Gasteiger partial charge in [-0.25, -0.2) is 0 Å². The molecule has 1 amide bonds. The van der Waals surface area contributed by atoms with Gasteiger partial charge in [-0.2, -0.15) is 0 Å². The Hall–Kier alpha value is -2.24.